The van der Waals surface area contributed by atoms with Gasteiger partial charge >= 0.3 is 5.97 Å². The van der Waals surface area contributed by atoms with Crippen LogP contribution >= 0.6 is 0 Å². The molecule has 19 heavy (non-hydrogen) atoms. The second-order valence-electron chi connectivity index (χ2n) is 4.88. The first-order valence-corrected chi connectivity index (χ1v) is 6.75. The molecule has 0 heterocycles. The Morgan fingerprint density at radius 2 is 1.74 bits per heavy atom. The minimum Gasteiger partial charge on any atom is -0.332 e. The van der Waals surface area contributed by atoms with Crippen LogP contribution < -0.4 is 0 Å². The topological polar surface area (TPSA) is 46.6 Å². The zero-order chi connectivity index (χ0) is 13.7. The largest absolute Gasteiger partial charge is 0.363 e. The van der Waals surface area contributed by atoms with E-state index in [9.17, 15) is 9.59 Å². The van der Waals surface area contributed by atoms with Crippen molar-refractivity contribution in [2.45, 2.75) is 45.1 Å². The number of rotatable bonds is 2. The van der Waals surface area contributed by atoms with E-state index in [4.69, 9.17) is 4.84 Å². The predicted octanol–water partition coefficient (Wildman–Crippen LogP) is 2.94. The highest BCUT2D eigenvalue weighted by Crippen LogP contribution is 2.23. The summed E-state index contributed by atoms with van der Waals surface area (Å²) < 4.78 is 0. The number of carbonyl (C=O) groups is 2. The Kier molecular flexibility index (Phi) is 4.55. The van der Waals surface area contributed by atoms with Crippen LogP contribution in [-0.4, -0.2) is 23.0 Å². The molecule has 0 spiro atoms. The number of hydrogen-bond acceptors (Lipinski definition) is 3. The normalized spacial score (nSPS) is 15.8. The highest BCUT2D eigenvalue weighted by Gasteiger charge is 2.27. The zero-order valence-electron chi connectivity index (χ0n) is 11.2. The Labute approximate surface area is 113 Å². The summed E-state index contributed by atoms with van der Waals surface area (Å²) in [4.78, 5) is 28.9. The van der Waals surface area contributed by atoms with Crippen LogP contribution in [0.15, 0.2) is 30.3 Å². The van der Waals surface area contributed by atoms with Crippen molar-refractivity contribution in [3.63, 3.8) is 0 Å². The van der Waals surface area contributed by atoms with Gasteiger partial charge in [-0.25, -0.2) is 4.79 Å². The Hall–Kier alpha value is -1.84. The van der Waals surface area contributed by atoms with Gasteiger partial charge in [0.15, 0.2) is 0 Å². The quantitative estimate of drug-likeness (QED) is 0.769. The summed E-state index contributed by atoms with van der Waals surface area (Å²) in [6.45, 7) is 1.44. The van der Waals surface area contributed by atoms with Crippen molar-refractivity contribution < 1.29 is 14.4 Å². The molecule has 1 fully saturated rings. The van der Waals surface area contributed by atoms with Gasteiger partial charge in [-0.05, 0) is 25.0 Å². The molecule has 1 amide bonds. The van der Waals surface area contributed by atoms with E-state index in [1.807, 2.05) is 6.07 Å². The van der Waals surface area contributed by atoms with Crippen molar-refractivity contribution in [3.05, 3.63) is 35.9 Å². The van der Waals surface area contributed by atoms with Crippen molar-refractivity contribution in [2.75, 3.05) is 0 Å². The van der Waals surface area contributed by atoms with E-state index < -0.39 is 5.97 Å². The molecule has 1 saturated carbocycles. The first-order valence-electron chi connectivity index (χ1n) is 6.75. The van der Waals surface area contributed by atoms with Gasteiger partial charge in [-0.2, -0.15) is 5.06 Å². The molecule has 4 heteroatoms. The van der Waals surface area contributed by atoms with Crippen molar-refractivity contribution >= 4 is 11.9 Å². The van der Waals surface area contributed by atoms with Crippen molar-refractivity contribution in [1.82, 2.24) is 5.06 Å². The monoisotopic (exact) mass is 261 g/mol. The van der Waals surface area contributed by atoms with Crippen molar-refractivity contribution in [3.8, 4) is 0 Å². The average molecular weight is 261 g/mol. The lowest BCUT2D eigenvalue weighted by molar-refractivity contribution is -0.178. The highest BCUT2D eigenvalue weighted by molar-refractivity contribution is 5.90. The molecular weight excluding hydrogens is 242 g/mol. The molecule has 0 bridgehead atoms. The van der Waals surface area contributed by atoms with Gasteiger partial charge in [0, 0.05) is 6.92 Å². The average Bonchev–Trinajstić information content (AvgIpc) is 2.46. The number of hydroxylamine groups is 2. The van der Waals surface area contributed by atoms with Gasteiger partial charge < -0.3 is 4.84 Å². The van der Waals surface area contributed by atoms with Crippen LogP contribution in [0, 0.1) is 0 Å². The molecule has 1 aromatic rings. The van der Waals surface area contributed by atoms with Crippen LogP contribution in [0.4, 0.5) is 0 Å². The minimum absolute atomic E-state index is 0.0268. The smallest absolute Gasteiger partial charge is 0.332 e. The summed E-state index contributed by atoms with van der Waals surface area (Å²) in [5.74, 6) is -0.683. The van der Waals surface area contributed by atoms with Crippen molar-refractivity contribution in [1.29, 1.82) is 0 Å². The summed E-state index contributed by atoms with van der Waals surface area (Å²) in [6.07, 6.45) is 5.16. The molecule has 0 atom stereocenters. The van der Waals surface area contributed by atoms with Crippen LogP contribution in [0.3, 0.4) is 0 Å². The molecule has 4 nitrogen and oxygen atoms in total. The van der Waals surface area contributed by atoms with Crippen molar-refractivity contribution in [2.24, 2.45) is 0 Å². The Bertz CT molecular complexity index is 438. The van der Waals surface area contributed by atoms with Gasteiger partial charge in [-0.1, -0.05) is 37.5 Å². The summed E-state index contributed by atoms with van der Waals surface area (Å²) in [5, 5.41) is 1.26. The maximum absolute atomic E-state index is 12.0. The van der Waals surface area contributed by atoms with Gasteiger partial charge in [0.2, 0.25) is 0 Å². The Balaban J connectivity index is 2.04. The summed E-state index contributed by atoms with van der Waals surface area (Å²) in [7, 11) is 0. The first kappa shape index (κ1) is 13.6. The number of nitrogens with zero attached hydrogens (tertiary/aromatic N) is 1. The lowest BCUT2D eigenvalue weighted by Crippen LogP contribution is -2.41. The number of benzene rings is 1. The van der Waals surface area contributed by atoms with Gasteiger partial charge in [-0.3, -0.25) is 4.79 Å². The maximum Gasteiger partial charge on any atom is 0.363 e. The van der Waals surface area contributed by atoms with Gasteiger partial charge in [0.1, 0.15) is 0 Å². The highest BCUT2D eigenvalue weighted by atomic mass is 16.7. The van der Waals surface area contributed by atoms with E-state index in [1.54, 1.807) is 24.3 Å². The summed E-state index contributed by atoms with van der Waals surface area (Å²) >= 11 is 0. The van der Waals surface area contributed by atoms with Crippen LogP contribution in [0.25, 0.3) is 0 Å². The SMILES string of the molecule is CC(=O)N(OC(=O)c1ccccc1)C1CCCCC1. The van der Waals surface area contributed by atoms with E-state index in [2.05, 4.69) is 0 Å². The lowest BCUT2D eigenvalue weighted by atomic mass is 9.95. The molecule has 1 aliphatic carbocycles. The fourth-order valence-electron chi connectivity index (χ4n) is 2.43. The van der Waals surface area contributed by atoms with Crippen LogP contribution in [0.1, 0.15) is 49.4 Å². The van der Waals surface area contributed by atoms with E-state index in [-0.39, 0.29) is 11.9 Å². The van der Waals surface area contributed by atoms with E-state index in [0.717, 1.165) is 25.7 Å². The third-order valence-corrected chi connectivity index (χ3v) is 3.41. The molecule has 102 valence electrons. The molecule has 1 aliphatic rings. The number of amides is 1. The zero-order valence-corrected chi connectivity index (χ0v) is 11.2. The van der Waals surface area contributed by atoms with Crippen LogP contribution in [-0.2, 0) is 9.63 Å². The summed E-state index contributed by atoms with van der Waals surface area (Å²) in [6, 6.07) is 8.77. The van der Waals surface area contributed by atoms with E-state index in [1.165, 1.54) is 18.4 Å². The molecule has 0 unspecified atom stereocenters. The van der Waals surface area contributed by atoms with E-state index in [0.29, 0.717) is 5.56 Å². The Morgan fingerprint density at radius 1 is 1.11 bits per heavy atom. The first-order chi connectivity index (χ1) is 9.18. The number of carbonyl (C=O) groups excluding carboxylic acids is 2. The molecular formula is C15H19NO3. The Morgan fingerprint density at radius 3 is 2.32 bits per heavy atom. The molecule has 0 N–H and O–H groups in total. The maximum atomic E-state index is 12.0. The summed E-state index contributed by atoms with van der Waals surface area (Å²) in [5.41, 5.74) is 0.463. The van der Waals surface area contributed by atoms with Gasteiger partial charge in [0.05, 0.1) is 11.6 Å². The number of hydrogen-bond donors (Lipinski definition) is 0. The van der Waals surface area contributed by atoms with Crippen LogP contribution in [0.2, 0.25) is 0 Å². The third-order valence-electron chi connectivity index (χ3n) is 3.41. The lowest BCUT2D eigenvalue weighted by Gasteiger charge is -2.31. The predicted molar refractivity (Wildman–Crippen MR) is 71.3 cm³/mol. The molecule has 2 rings (SSSR count). The van der Waals surface area contributed by atoms with E-state index >= 15 is 0 Å². The fourth-order valence-corrected chi connectivity index (χ4v) is 2.43. The third kappa shape index (κ3) is 3.56. The standard InChI is InChI=1S/C15H19NO3/c1-12(17)16(14-10-6-3-7-11-14)19-15(18)13-8-4-2-5-9-13/h2,4-5,8-9,14H,3,6-7,10-11H2,1H3. The molecule has 0 aliphatic heterocycles. The van der Waals surface area contributed by atoms with Gasteiger partial charge in [0.25, 0.3) is 5.91 Å². The minimum atomic E-state index is -0.471. The molecule has 1 aromatic carbocycles. The van der Waals surface area contributed by atoms with Gasteiger partial charge in [-0.15, -0.1) is 0 Å². The fraction of sp³-hybridized carbons (Fsp3) is 0.467. The molecule has 0 saturated heterocycles. The molecule has 0 radical (unpaired) electrons. The second kappa shape index (κ2) is 6.36. The molecule has 0 aromatic heterocycles. The van der Waals surface area contributed by atoms with Crippen LogP contribution in [0.5, 0.6) is 0 Å². The second-order valence-corrected chi connectivity index (χ2v) is 4.88.